The van der Waals surface area contributed by atoms with Crippen LogP contribution in [0.3, 0.4) is 0 Å². The molecule has 1 aromatic carbocycles. The van der Waals surface area contributed by atoms with Gasteiger partial charge < -0.3 is 10.0 Å². The van der Waals surface area contributed by atoms with Crippen LogP contribution in [0.2, 0.25) is 0 Å². The number of carboxylic acid groups (broad SMARTS) is 1. The quantitative estimate of drug-likeness (QED) is 0.887. The van der Waals surface area contributed by atoms with Crippen molar-refractivity contribution in [3.8, 4) is 5.69 Å². The Hall–Kier alpha value is -2.91. The van der Waals surface area contributed by atoms with E-state index in [-0.39, 0.29) is 17.4 Å². The lowest BCUT2D eigenvalue weighted by Gasteiger charge is -2.18. The molecule has 0 saturated heterocycles. The summed E-state index contributed by atoms with van der Waals surface area (Å²) in [6, 6.07) is 4.59. The molecule has 1 fully saturated rings. The van der Waals surface area contributed by atoms with E-state index in [1.165, 1.54) is 18.2 Å². The van der Waals surface area contributed by atoms with Crippen LogP contribution in [0.25, 0.3) is 5.69 Å². The molecule has 1 aliphatic rings. The lowest BCUT2D eigenvalue weighted by atomic mass is 10.1. The van der Waals surface area contributed by atoms with Gasteiger partial charge in [-0.25, -0.2) is 4.68 Å². The van der Waals surface area contributed by atoms with Crippen LogP contribution in [-0.4, -0.2) is 49.5 Å². The number of halogens is 3. The third-order valence-corrected chi connectivity index (χ3v) is 3.72. The molecule has 7 nitrogen and oxygen atoms in total. The number of carboxylic acids is 1. The number of benzene rings is 1. The number of nitrogens with zero attached hydrogens (tertiary/aromatic N) is 4. The van der Waals surface area contributed by atoms with Gasteiger partial charge in [0, 0.05) is 6.04 Å². The van der Waals surface area contributed by atoms with E-state index in [0.29, 0.717) is 12.8 Å². The number of hydrogen-bond acceptors (Lipinski definition) is 4. The molecule has 0 spiro atoms. The van der Waals surface area contributed by atoms with Crippen LogP contribution in [0.4, 0.5) is 13.2 Å². The Morgan fingerprint density at radius 2 is 1.96 bits per heavy atom. The van der Waals surface area contributed by atoms with E-state index in [0.717, 1.165) is 21.8 Å². The molecule has 0 atom stereocenters. The minimum atomic E-state index is -4.59. The summed E-state index contributed by atoms with van der Waals surface area (Å²) >= 11 is 0. The van der Waals surface area contributed by atoms with Crippen molar-refractivity contribution in [2.45, 2.75) is 25.1 Å². The Morgan fingerprint density at radius 1 is 1.28 bits per heavy atom. The van der Waals surface area contributed by atoms with E-state index in [1.54, 1.807) is 0 Å². The van der Waals surface area contributed by atoms with Gasteiger partial charge in [0.2, 0.25) is 0 Å². The van der Waals surface area contributed by atoms with Gasteiger partial charge in [-0.1, -0.05) is 17.3 Å². The Bertz CT molecular complexity index is 814. The van der Waals surface area contributed by atoms with E-state index in [4.69, 9.17) is 5.11 Å². The van der Waals surface area contributed by atoms with Gasteiger partial charge in [-0.3, -0.25) is 9.59 Å². The summed E-state index contributed by atoms with van der Waals surface area (Å²) in [5.41, 5.74) is -1.38. The molecular formula is C15H13F3N4O3. The first-order valence-electron chi connectivity index (χ1n) is 7.39. The second kappa shape index (κ2) is 6.19. The summed E-state index contributed by atoms with van der Waals surface area (Å²) in [6.07, 6.45) is -2.14. The van der Waals surface area contributed by atoms with Gasteiger partial charge in [0.25, 0.3) is 5.91 Å². The van der Waals surface area contributed by atoms with Gasteiger partial charge in [0.1, 0.15) is 6.54 Å². The summed E-state index contributed by atoms with van der Waals surface area (Å²) in [4.78, 5) is 24.5. The second-order valence-electron chi connectivity index (χ2n) is 5.62. The normalized spacial score (nSPS) is 14.4. The minimum Gasteiger partial charge on any atom is -0.480 e. The van der Waals surface area contributed by atoms with Crippen LogP contribution < -0.4 is 0 Å². The largest absolute Gasteiger partial charge is 0.480 e. The van der Waals surface area contributed by atoms with Crippen molar-refractivity contribution in [1.82, 2.24) is 19.9 Å². The first kappa shape index (κ1) is 16.9. The Kier molecular flexibility index (Phi) is 4.19. The summed E-state index contributed by atoms with van der Waals surface area (Å²) in [5.74, 6) is -1.84. The highest BCUT2D eigenvalue weighted by Gasteiger charge is 2.36. The summed E-state index contributed by atoms with van der Waals surface area (Å²) in [5, 5.41) is 16.1. The van der Waals surface area contributed by atoms with Gasteiger partial charge >= 0.3 is 12.1 Å². The lowest BCUT2D eigenvalue weighted by Crippen LogP contribution is -2.37. The molecule has 0 aliphatic heterocycles. The number of alkyl halides is 3. The zero-order valence-corrected chi connectivity index (χ0v) is 12.8. The average molecular weight is 354 g/mol. The number of aliphatic carboxylic acids is 1. The van der Waals surface area contributed by atoms with Crippen molar-refractivity contribution in [2.24, 2.45) is 0 Å². The maximum Gasteiger partial charge on any atom is 0.418 e. The SMILES string of the molecule is O=C(O)CN(C(=O)c1cn(-c2ccccc2C(F)(F)F)nn1)C1CC1. The minimum absolute atomic E-state index is 0.184. The Morgan fingerprint density at radius 3 is 2.56 bits per heavy atom. The van der Waals surface area contributed by atoms with Crippen LogP contribution in [0.15, 0.2) is 30.5 Å². The molecular weight excluding hydrogens is 341 g/mol. The van der Waals surface area contributed by atoms with Crippen molar-refractivity contribution >= 4 is 11.9 Å². The van der Waals surface area contributed by atoms with Crippen molar-refractivity contribution in [3.63, 3.8) is 0 Å². The number of aromatic nitrogens is 3. The maximum atomic E-state index is 13.1. The van der Waals surface area contributed by atoms with Crippen molar-refractivity contribution in [3.05, 3.63) is 41.7 Å². The first-order chi connectivity index (χ1) is 11.8. The zero-order valence-electron chi connectivity index (χ0n) is 12.8. The monoisotopic (exact) mass is 354 g/mol. The average Bonchev–Trinajstić information content (AvgIpc) is 3.27. The highest BCUT2D eigenvalue weighted by Crippen LogP contribution is 2.33. The van der Waals surface area contributed by atoms with Crippen LogP contribution in [0.5, 0.6) is 0 Å². The molecule has 25 heavy (non-hydrogen) atoms. The fourth-order valence-corrected chi connectivity index (χ4v) is 2.44. The number of rotatable bonds is 5. The number of hydrogen-bond donors (Lipinski definition) is 1. The highest BCUT2D eigenvalue weighted by molar-refractivity contribution is 5.94. The van der Waals surface area contributed by atoms with Crippen LogP contribution in [0.1, 0.15) is 28.9 Å². The third kappa shape index (κ3) is 3.62. The van der Waals surface area contributed by atoms with Gasteiger partial charge in [-0.05, 0) is 25.0 Å². The summed E-state index contributed by atoms with van der Waals surface area (Å²) in [6.45, 7) is -0.491. The number of amides is 1. The van der Waals surface area contributed by atoms with E-state index < -0.39 is 30.2 Å². The number of para-hydroxylation sites is 1. The highest BCUT2D eigenvalue weighted by atomic mass is 19.4. The standard InChI is InChI=1S/C15H13F3N4O3/c16-15(17,18)10-3-1-2-4-12(10)22-7-11(19-20-22)14(25)21(8-13(23)24)9-5-6-9/h1-4,7,9H,5-6,8H2,(H,23,24). The van der Waals surface area contributed by atoms with E-state index in [9.17, 15) is 22.8 Å². The molecule has 0 bridgehead atoms. The molecule has 0 unspecified atom stereocenters. The molecule has 0 radical (unpaired) electrons. The zero-order chi connectivity index (χ0) is 18.2. The molecule has 3 rings (SSSR count). The van der Waals surface area contributed by atoms with Crippen LogP contribution in [0, 0.1) is 0 Å². The topological polar surface area (TPSA) is 88.3 Å². The smallest absolute Gasteiger partial charge is 0.418 e. The molecule has 10 heteroatoms. The van der Waals surface area contributed by atoms with E-state index in [2.05, 4.69) is 10.3 Å². The van der Waals surface area contributed by atoms with Crippen LogP contribution in [-0.2, 0) is 11.0 Å². The Balaban J connectivity index is 1.90. The molecule has 1 heterocycles. The Labute approximate surface area is 139 Å². The predicted molar refractivity (Wildman–Crippen MR) is 78.1 cm³/mol. The number of carbonyl (C=O) groups is 2. The molecule has 1 saturated carbocycles. The molecule has 1 N–H and O–H groups in total. The van der Waals surface area contributed by atoms with Crippen molar-refractivity contribution < 1.29 is 27.9 Å². The van der Waals surface area contributed by atoms with Gasteiger partial charge in [-0.15, -0.1) is 5.10 Å². The molecule has 1 amide bonds. The van der Waals surface area contributed by atoms with E-state index in [1.807, 2.05) is 0 Å². The summed E-state index contributed by atoms with van der Waals surface area (Å²) < 4.78 is 40.1. The second-order valence-corrected chi connectivity index (χ2v) is 5.62. The van der Waals surface area contributed by atoms with Gasteiger partial charge in [0.05, 0.1) is 17.4 Å². The molecule has 1 aliphatic carbocycles. The molecule has 2 aromatic rings. The van der Waals surface area contributed by atoms with Crippen molar-refractivity contribution in [1.29, 1.82) is 0 Å². The van der Waals surface area contributed by atoms with Crippen molar-refractivity contribution in [2.75, 3.05) is 6.54 Å². The number of carbonyl (C=O) groups excluding carboxylic acids is 1. The molecule has 1 aromatic heterocycles. The predicted octanol–water partition coefficient (Wildman–Crippen LogP) is 1.98. The van der Waals surface area contributed by atoms with Crippen LogP contribution >= 0.6 is 0 Å². The van der Waals surface area contributed by atoms with Gasteiger partial charge in [0.15, 0.2) is 5.69 Å². The maximum absolute atomic E-state index is 13.1. The first-order valence-corrected chi connectivity index (χ1v) is 7.39. The fourth-order valence-electron chi connectivity index (χ4n) is 2.44. The van der Waals surface area contributed by atoms with Gasteiger partial charge in [-0.2, -0.15) is 13.2 Å². The van der Waals surface area contributed by atoms with E-state index >= 15 is 0 Å². The lowest BCUT2D eigenvalue weighted by molar-refractivity contribution is -0.138. The fraction of sp³-hybridized carbons (Fsp3) is 0.333. The summed E-state index contributed by atoms with van der Waals surface area (Å²) in [7, 11) is 0. The molecule has 132 valence electrons. The third-order valence-electron chi connectivity index (χ3n) is 3.72.